The van der Waals surface area contributed by atoms with Gasteiger partial charge in [0, 0.05) is 16.9 Å². The molecule has 0 saturated carbocycles. The Kier molecular flexibility index (Phi) is 6.27. The maximum absolute atomic E-state index is 12.4. The lowest BCUT2D eigenvalue weighted by molar-refractivity contribution is -0.115. The van der Waals surface area contributed by atoms with Crippen LogP contribution in [0.5, 0.6) is 0 Å². The fourth-order valence-electron chi connectivity index (χ4n) is 2.32. The van der Waals surface area contributed by atoms with Crippen molar-refractivity contribution in [3.8, 4) is 0 Å². The number of hydrogen-bond acceptors (Lipinski definition) is 7. The molecular formula is C19H19N5O2S2. The number of primary amides is 1. The average molecular weight is 414 g/mol. The number of nitrogens with two attached hydrogens (primary N) is 1. The molecule has 2 aromatic carbocycles. The molecule has 1 heterocycles. The van der Waals surface area contributed by atoms with Gasteiger partial charge < -0.3 is 16.4 Å². The minimum absolute atomic E-state index is 0.166. The molecule has 0 aliphatic rings. The molecule has 0 radical (unpaired) electrons. The topological polar surface area (TPSA) is 110 Å². The summed E-state index contributed by atoms with van der Waals surface area (Å²) in [5.41, 5.74) is 8.29. The normalized spacial score (nSPS) is 11.6. The predicted molar refractivity (Wildman–Crippen MR) is 113 cm³/mol. The minimum Gasteiger partial charge on any atom is -0.366 e. The number of nitrogens with one attached hydrogen (secondary N) is 2. The van der Waals surface area contributed by atoms with Crippen LogP contribution in [0.2, 0.25) is 0 Å². The van der Waals surface area contributed by atoms with Gasteiger partial charge in [0.25, 0.3) is 0 Å². The molecule has 0 aliphatic heterocycles. The van der Waals surface area contributed by atoms with E-state index in [0.717, 1.165) is 11.3 Å². The molecule has 1 aromatic heterocycles. The van der Waals surface area contributed by atoms with Gasteiger partial charge in [-0.3, -0.25) is 9.59 Å². The second-order valence-electron chi connectivity index (χ2n) is 6.06. The largest absolute Gasteiger partial charge is 0.366 e. The molecule has 0 saturated heterocycles. The van der Waals surface area contributed by atoms with E-state index in [1.165, 1.54) is 23.1 Å². The second kappa shape index (κ2) is 8.85. The summed E-state index contributed by atoms with van der Waals surface area (Å²) in [5.74, 6) is -0.673. The first-order valence-corrected chi connectivity index (χ1v) is 10.1. The molecule has 9 heteroatoms. The maximum Gasteiger partial charge on any atom is 0.248 e. The van der Waals surface area contributed by atoms with Crippen LogP contribution in [0.25, 0.3) is 0 Å². The molecule has 1 atom stereocenters. The molecule has 0 spiro atoms. The molecule has 2 amide bonds. The van der Waals surface area contributed by atoms with Crippen molar-refractivity contribution in [3.63, 3.8) is 0 Å². The molecule has 0 unspecified atom stereocenters. The number of benzene rings is 2. The van der Waals surface area contributed by atoms with E-state index in [1.54, 1.807) is 31.2 Å². The highest BCUT2D eigenvalue weighted by Gasteiger charge is 2.17. The van der Waals surface area contributed by atoms with Crippen LogP contribution in [0.3, 0.4) is 0 Å². The first kappa shape index (κ1) is 19.8. The summed E-state index contributed by atoms with van der Waals surface area (Å²) < 4.78 is 0.696. The summed E-state index contributed by atoms with van der Waals surface area (Å²) in [4.78, 5) is 23.5. The van der Waals surface area contributed by atoms with Gasteiger partial charge in [-0.2, -0.15) is 0 Å². The van der Waals surface area contributed by atoms with Crippen molar-refractivity contribution in [2.45, 2.75) is 23.4 Å². The van der Waals surface area contributed by atoms with Crippen LogP contribution < -0.4 is 16.4 Å². The molecule has 4 N–H and O–H groups in total. The van der Waals surface area contributed by atoms with Crippen molar-refractivity contribution in [2.24, 2.45) is 5.73 Å². The molecule has 3 aromatic rings. The monoisotopic (exact) mass is 413 g/mol. The SMILES string of the molecule is Cc1cccc(Nc2nnc(S[C@@H](C)C(=O)Nc3ccc(C(N)=O)cc3)s2)c1. The van der Waals surface area contributed by atoms with E-state index in [1.807, 2.05) is 31.2 Å². The van der Waals surface area contributed by atoms with Gasteiger partial charge in [-0.15, -0.1) is 10.2 Å². The minimum atomic E-state index is -0.506. The standard InChI is InChI=1S/C19H19N5O2S2/c1-11-4-3-5-15(10-11)22-18-23-24-19(28-18)27-12(2)17(26)21-14-8-6-13(7-9-14)16(20)25/h3-10,12H,1-2H3,(H2,20,25)(H,21,26)(H,22,23)/t12-/m0/s1. The summed E-state index contributed by atoms with van der Waals surface area (Å²) in [6.07, 6.45) is 0. The molecule has 3 rings (SSSR count). The Morgan fingerprint density at radius 2 is 1.86 bits per heavy atom. The highest BCUT2D eigenvalue weighted by Crippen LogP contribution is 2.31. The number of carbonyl (C=O) groups excluding carboxylic acids is 2. The van der Waals surface area contributed by atoms with E-state index < -0.39 is 5.91 Å². The van der Waals surface area contributed by atoms with E-state index in [4.69, 9.17) is 5.73 Å². The number of hydrogen-bond donors (Lipinski definition) is 3. The molecular weight excluding hydrogens is 394 g/mol. The van der Waals surface area contributed by atoms with E-state index in [9.17, 15) is 9.59 Å². The van der Waals surface area contributed by atoms with Gasteiger partial charge in [-0.25, -0.2) is 0 Å². The van der Waals surface area contributed by atoms with Crippen molar-refractivity contribution < 1.29 is 9.59 Å². The zero-order valence-corrected chi connectivity index (χ0v) is 16.9. The van der Waals surface area contributed by atoms with E-state index in [2.05, 4.69) is 20.8 Å². The third-order valence-electron chi connectivity index (χ3n) is 3.76. The first-order chi connectivity index (χ1) is 13.4. The van der Waals surface area contributed by atoms with Gasteiger partial charge in [0.1, 0.15) is 0 Å². The van der Waals surface area contributed by atoms with Crippen molar-refractivity contribution in [1.82, 2.24) is 10.2 Å². The lowest BCUT2D eigenvalue weighted by atomic mass is 10.2. The van der Waals surface area contributed by atoms with Crippen LogP contribution >= 0.6 is 23.1 Å². The van der Waals surface area contributed by atoms with Gasteiger partial charge in [-0.05, 0) is 55.8 Å². The number of anilines is 3. The quantitative estimate of drug-likeness (QED) is 0.508. The van der Waals surface area contributed by atoms with Crippen LogP contribution in [0.4, 0.5) is 16.5 Å². The van der Waals surface area contributed by atoms with Gasteiger partial charge in [-0.1, -0.05) is 35.2 Å². The van der Waals surface area contributed by atoms with Crippen LogP contribution in [-0.4, -0.2) is 27.3 Å². The zero-order valence-electron chi connectivity index (χ0n) is 15.3. The highest BCUT2D eigenvalue weighted by atomic mass is 32.2. The van der Waals surface area contributed by atoms with Gasteiger partial charge in [0.2, 0.25) is 16.9 Å². The van der Waals surface area contributed by atoms with Crippen molar-refractivity contribution in [3.05, 3.63) is 59.7 Å². The van der Waals surface area contributed by atoms with Crippen molar-refractivity contribution >= 4 is 51.4 Å². The van der Waals surface area contributed by atoms with Crippen LogP contribution in [0.15, 0.2) is 52.9 Å². The molecule has 28 heavy (non-hydrogen) atoms. The number of amides is 2. The zero-order chi connectivity index (χ0) is 20.1. The fourth-order valence-corrected chi connectivity index (χ4v) is 4.24. The number of thioether (sulfide) groups is 1. The summed E-state index contributed by atoms with van der Waals surface area (Å²) in [6, 6.07) is 14.4. The molecule has 7 nitrogen and oxygen atoms in total. The fraction of sp³-hybridized carbons (Fsp3) is 0.158. The lowest BCUT2D eigenvalue weighted by Gasteiger charge is -2.10. The Balaban J connectivity index is 1.56. The van der Waals surface area contributed by atoms with Crippen molar-refractivity contribution in [2.75, 3.05) is 10.6 Å². The van der Waals surface area contributed by atoms with Crippen LogP contribution in [-0.2, 0) is 4.79 Å². The Bertz CT molecular complexity index is 988. The Hall–Kier alpha value is -2.91. The Labute approximate surface area is 170 Å². The first-order valence-electron chi connectivity index (χ1n) is 8.45. The third kappa shape index (κ3) is 5.30. The van der Waals surface area contributed by atoms with Crippen LogP contribution in [0.1, 0.15) is 22.8 Å². The van der Waals surface area contributed by atoms with Gasteiger partial charge in [0.15, 0.2) is 4.34 Å². The number of carbonyl (C=O) groups is 2. The predicted octanol–water partition coefficient (Wildman–Crippen LogP) is 3.81. The van der Waals surface area contributed by atoms with Crippen molar-refractivity contribution in [1.29, 1.82) is 0 Å². The molecule has 0 fully saturated rings. The summed E-state index contributed by atoms with van der Waals surface area (Å²) >= 11 is 2.72. The summed E-state index contributed by atoms with van der Waals surface area (Å²) in [5, 5.41) is 14.6. The number of aryl methyl sites for hydroxylation is 1. The number of aromatic nitrogens is 2. The third-order valence-corrected chi connectivity index (χ3v) is 5.78. The summed E-state index contributed by atoms with van der Waals surface area (Å²) in [7, 11) is 0. The van der Waals surface area contributed by atoms with Gasteiger partial charge in [0.05, 0.1) is 5.25 Å². The van der Waals surface area contributed by atoms with E-state index in [0.29, 0.717) is 20.7 Å². The van der Waals surface area contributed by atoms with Gasteiger partial charge >= 0.3 is 0 Å². The maximum atomic E-state index is 12.4. The smallest absolute Gasteiger partial charge is 0.248 e. The second-order valence-corrected chi connectivity index (χ2v) is 8.62. The van der Waals surface area contributed by atoms with Crippen LogP contribution in [0, 0.1) is 6.92 Å². The number of rotatable bonds is 7. The Morgan fingerprint density at radius 3 is 2.54 bits per heavy atom. The highest BCUT2D eigenvalue weighted by molar-refractivity contribution is 8.02. The van der Waals surface area contributed by atoms with E-state index >= 15 is 0 Å². The average Bonchev–Trinajstić information content (AvgIpc) is 3.09. The lowest BCUT2D eigenvalue weighted by Crippen LogP contribution is -2.22. The molecule has 0 bridgehead atoms. The number of nitrogens with zero attached hydrogens (tertiary/aromatic N) is 2. The molecule has 144 valence electrons. The summed E-state index contributed by atoms with van der Waals surface area (Å²) in [6.45, 7) is 3.82. The Morgan fingerprint density at radius 1 is 1.11 bits per heavy atom. The van der Waals surface area contributed by atoms with E-state index in [-0.39, 0.29) is 11.2 Å². The molecule has 0 aliphatic carbocycles.